The van der Waals surface area contributed by atoms with E-state index in [-0.39, 0.29) is 5.82 Å². The van der Waals surface area contributed by atoms with E-state index in [0.717, 1.165) is 11.6 Å². The van der Waals surface area contributed by atoms with Crippen LogP contribution in [0.15, 0.2) is 36.5 Å². The summed E-state index contributed by atoms with van der Waals surface area (Å²) in [5.41, 5.74) is 2.04. The summed E-state index contributed by atoms with van der Waals surface area (Å²) in [6.45, 7) is 0. The van der Waals surface area contributed by atoms with Crippen LogP contribution >= 0.6 is 0 Å². The Morgan fingerprint density at radius 3 is 2.71 bits per heavy atom. The minimum Gasteiger partial charge on any atom is -0.478 e. The molecular formula is C12H9FN2O2. The smallest absolute Gasteiger partial charge is 0.328 e. The van der Waals surface area contributed by atoms with E-state index in [2.05, 4.69) is 10.2 Å². The van der Waals surface area contributed by atoms with Crippen LogP contribution in [0.2, 0.25) is 0 Å². The second-order valence-electron chi connectivity index (χ2n) is 3.38. The number of carboxylic acid groups (broad SMARTS) is 1. The molecule has 0 fully saturated rings. The molecule has 1 aromatic heterocycles. The summed E-state index contributed by atoms with van der Waals surface area (Å²) in [6.07, 6.45) is 3.97. The fourth-order valence-corrected chi connectivity index (χ4v) is 1.43. The lowest BCUT2D eigenvalue weighted by Crippen LogP contribution is -1.86. The Balaban J connectivity index is 2.36. The van der Waals surface area contributed by atoms with E-state index < -0.39 is 5.97 Å². The van der Waals surface area contributed by atoms with Crippen LogP contribution in [-0.4, -0.2) is 21.3 Å². The van der Waals surface area contributed by atoms with E-state index in [1.807, 2.05) is 0 Å². The lowest BCUT2D eigenvalue weighted by molar-refractivity contribution is -0.131. The Labute approximate surface area is 96.4 Å². The van der Waals surface area contributed by atoms with Gasteiger partial charge >= 0.3 is 5.97 Å². The first kappa shape index (κ1) is 11.1. The molecule has 17 heavy (non-hydrogen) atoms. The van der Waals surface area contributed by atoms with E-state index in [0.29, 0.717) is 11.3 Å². The van der Waals surface area contributed by atoms with Crippen molar-refractivity contribution < 1.29 is 14.3 Å². The van der Waals surface area contributed by atoms with Crippen LogP contribution in [0.5, 0.6) is 0 Å². The van der Waals surface area contributed by atoms with Crippen LogP contribution in [0, 0.1) is 5.82 Å². The third kappa shape index (κ3) is 2.57. The quantitative estimate of drug-likeness (QED) is 0.798. The van der Waals surface area contributed by atoms with Crippen LogP contribution < -0.4 is 0 Å². The first-order chi connectivity index (χ1) is 8.16. The second-order valence-corrected chi connectivity index (χ2v) is 3.38. The fraction of sp³-hybridized carbons (Fsp3) is 0. The number of H-pyrrole nitrogens is 1. The van der Waals surface area contributed by atoms with Crippen molar-refractivity contribution in [2.24, 2.45) is 0 Å². The van der Waals surface area contributed by atoms with Gasteiger partial charge in [0.25, 0.3) is 0 Å². The van der Waals surface area contributed by atoms with Crippen LogP contribution in [0.25, 0.3) is 17.3 Å². The van der Waals surface area contributed by atoms with Crippen molar-refractivity contribution >= 4 is 12.0 Å². The molecule has 2 aromatic rings. The summed E-state index contributed by atoms with van der Waals surface area (Å²) >= 11 is 0. The number of hydrogen-bond donors (Lipinski definition) is 2. The Bertz CT molecular complexity index is 558. The van der Waals surface area contributed by atoms with Gasteiger partial charge in [0.1, 0.15) is 5.82 Å². The standard InChI is InChI=1S/C12H9FN2O2/c13-10-4-1-8(2-5-10)12-9(7-14-15-12)3-6-11(16)17/h1-7H,(H,14,15)(H,16,17). The highest BCUT2D eigenvalue weighted by atomic mass is 19.1. The maximum Gasteiger partial charge on any atom is 0.328 e. The lowest BCUT2D eigenvalue weighted by Gasteiger charge is -1.99. The summed E-state index contributed by atoms with van der Waals surface area (Å²) in [5, 5.41) is 15.1. The molecule has 0 amide bonds. The molecule has 0 radical (unpaired) electrons. The molecule has 0 saturated heterocycles. The predicted molar refractivity (Wildman–Crippen MR) is 60.7 cm³/mol. The van der Waals surface area contributed by atoms with Gasteiger partial charge in [0.2, 0.25) is 0 Å². The van der Waals surface area contributed by atoms with E-state index in [9.17, 15) is 9.18 Å². The molecule has 0 unspecified atom stereocenters. The number of aromatic amines is 1. The Hall–Kier alpha value is -2.43. The molecule has 0 saturated carbocycles. The Morgan fingerprint density at radius 1 is 1.35 bits per heavy atom. The second kappa shape index (κ2) is 4.61. The van der Waals surface area contributed by atoms with Crippen LogP contribution in [0.4, 0.5) is 4.39 Å². The molecule has 86 valence electrons. The number of hydrogen-bond acceptors (Lipinski definition) is 2. The zero-order valence-corrected chi connectivity index (χ0v) is 8.72. The summed E-state index contributed by atoms with van der Waals surface area (Å²) < 4.78 is 12.8. The van der Waals surface area contributed by atoms with Crippen molar-refractivity contribution in [1.29, 1.82) is 0 Å². The molecule has 2 rings (SSSR count). The average Bonchev–Trinajstić information content (AvgIpc) is 2.75. The molecule has 1 aromatic carbocycles. The molecular weight excluding hydrogens is 223 g/mol. The topological polar surface area (TPSA) is 66.0 Å². The molecule has 0 atom stereocenters. The number of carboxylic acids is 1. The van der Waals surface area contributed by atoms with E-state index in [1.54, 1.807) is 12.1 Å². The summed E-state index contributed by atoms with van der Waals surface area (Å²) in [5.74, 6) is -1.35. The van der Waals surface area contributed by atoms with Crippen LogP contribution in [-0.2, 0) is 4.79 Å². The summed E-state index contributed by atoms with van der Waals surface area (Å²) in [7, 11) is 0. The Kier molecular flexibility index (Phi) is 3.00. The van der Waals surface area contributed by atoms with Crippen LogP contribution in [0.3, 0.4) is 0 Å². The highest BCUT2D eigenvalue weighted by Gasteiger charge is 2.05. The number of halogens is 1. The molecule has 4 nitrogen and oxygen atoms in total. The van der Waals surface area contributed by atoms with Crippen LogP contribution in [0.1, 0.15) is 5.56 Å². The highest BCUT2D eigenvalue weighted by molar-refractivity contribution is 5.87. The zero-order chi connectivity index (χ0) is 12.3. The summed E-state index contributed by atoms with van der Waals surface area (Å²) in [4.78, 5) is 10.4. The van der Waals surface area contributed by atoms with Gasteiger partial charge < -0.3 is 5.11 Å². The number of nitrogens with zero attached hydrogens (tertiary/aromatic N) is 1. The third-order valence-corrected chi connectivity index (χ3v) is 2.21. The third-order valence-electron chi connectivity index (χ3n) is 2.21. The van der Waals surface area contributed by atoms with Gasteiger partial charge in [0.05, 0.1) is 11.9 Å². The number of aliphatic carboxylic acids is 1. The van der Waals surface area contributed by atoms with E-state index in [4.69, 9.17) is 5.11 Å². The largest absolute Gasteiger partial charge is 0.478 e. The number of benzene rings is 1. The molecule has 0 aliphatic rings. The molecule has 0 spiro atoms. The average molecular weight is 232 g/mol. The van der Waals surface area contributed by atoms with Crippen molar-refractivity contribution in [2.45, 2.75) is 0 Å². The van der Waals surface area contributed by atoms with Crippen molar-refractivity contribution in [3.63, 3.8) is 0 Å². The number of rotatable bonds is 3. The molecule has 0 aliphatic carbocycles. The van der Waals surface area contributed by atoms with Crippen molar-refractivity contribution in [3.05, 3.63) is 47.9 Å². The molecule has 0 bridgehead atoms. The zero-order valence-electron chi connectivity index (χ0n) is 8.72. The first-order valence-corrected chi connectivity index (χ1v) is 4.87. The maximum atomic E-state index is 12.8. The molecule has 2 N–H and O–H groups in total. The van der Waals surface area contributed by atoms with E-state index in [1.165, 1.54) is 24.4 Å². The van der Waals surface area contributed by atoms with Gasteiger partial charge in [-0.25, -0.2) is 9.18 Å². The number of carbonyl (C=O) groups is 1. The molecule has 0 aliphatic heterocycles. The lowest BCUT2D eigenvalue weighted by atomic mass is 10.1. The first-order valence-electron chi connectivity index (χ1n) is 4.87. The van der Waals surface area contributed by atoms with E-state index >= 15 is 0 Å². The van der Waals surface area contributed by atoms with Gasteiger partial charge in [-0.1, -0.05) is 0 Å². The van der Waals surface area contributed by atoms with Crippen molar-refractivity contribution in [1.82, 2.24) is 10.2 Å². The van der Waals surface area contributed by atoms with Gasteiger partial charge in [-0.2, -0.15) is 5.10 Å². The van der Waals surface area contributed by atoms with Gasteiger partial charge in [-0.05, 0) is 30.3 Å². The fourth-order valence-electron chi connectivity index (χ4n) is 1.43. The van der Waals surface area contributed by atoms with Gasteiger partial charge in [-0.15, -0.1) is 0 Å². The minimum absolute atomic E-state index is 0.323. The summed E-state index contributed by atoms with van der Waals surface area (Å²) in [6, 6.07) is 5.86. The van der Waals surface area contributed by atoms with Gasteiger partial charge in [-0.3, -0.25) is 5.10 Å². The predicted octanol–water partition coefficient (Wildman–Crippen LogP) is 2.31. The number of aromatic nitrogens is 2. The van der Waals surface area contributed by atoms with Crippen molar-refractivity contribution in [3.8, 4) is 11.3 Å². The highest BCUT2D eigenvalue weighted by Crippen LogP contribution is 2.22. The monoisotopic (exact) mass is 232 g/mol. The SMILES string of the molecule is O=C(O)C=Cc1cn[nH]c1-c1ccc(F)cc1. The molecule has 5 heteroatoms. The minimum atomic E-state index is -1.03. The maximum absolute atomic E-state index is 12.8. The number of nitrogens with one attached hydrogen (secondary N) is 1. The normalized spacial score (nSPS) is 10.9. The van der Waals surface area contributed by atoms with Gasteiger partial charge in [0.15, 0.2) is 0 Å². The van der Waals surface area contributed by atoms with Gasteiger partial charge in [0, 0.05) is 17.2 Å². The molecule has 1 heterocycles. The van der Waals surface area contributed by atoms with Crippen molar-refractivity contribution in [2.75, 3.05) is 0 Å². The Morgan fingerprint density at radius 2 is 2.06 bits per heavy atom.